The lowest BCUT2D eigenvalue weighted by atomic mass is 10.1. The quantitative estimate of drug-likeness (QED) is 0.547. The van der Waals surface area contributed by atoms with Crippen LogP contribution in [0.3, 0.4) is 0 Å². The fraction of sp³-hybridized carbons (Fsp3) is 0.182. The van der Waals surface area contributed by atoms with Crippen LogP contribution in [0.5, 0.6) is 0 Å². The molecule has 0 unspecified atom stereocenters. The second-order valence-electron chi connectivity index (χ2n) is 7.18. The Labute approximate surface area is 176 Å². The second-order valence-corrected chi connectivity index (χ2v) is 8.12. The summed E-state index contributed by atoms with van der Waals surface area (Å²) in [5, 5.41) is 2.95. The number of benzene rings is 1. The lowest BCUT2D eigenvalue weighted by molar-refractivity contribution is 0.241. The number of halogens is 1. The van der Waals surface area contributed by atoms with Crippen LogP contribution in [0.15, 0.2) is 59.0 Å². The van der Waals surface area contributed by atoms with Gasteiger partial charge in [0.15, 0.2) is 0 Å². The number of hydrogen-bond acceptors (Lipinski definition) is 6. The standard InChI is InChI=1S/C22H18FN5OS/c23-16-5-3-14(4-6-16)19-13-30-20(25-19)12-28-9-7-18-17(11-28)22(29)27-21(26-18)15-2-1-8-24-10-15/h1-6,8,10,13H,7,9,11-12H2,(H,26,27,29). The number of rotatable bonds is 4. The topological polar surface area (TPSA) is 74.8 Å². The summed E-state index contributed by atoms with van der Waals surface area (Å²) >= 11 is 1.57. The highest BCUT2D eigenvalue weighted by atomic mass is 32.1. The zero-order chi connectivity index (χ0) is 20.5. The maximum atomic E-state index is 13.1. The van der Waals surface area contributed by atoms with Gasteiger partial charge in [-0.25, -0.2) is 14.4 Å². The van der Waals surface area contributed by atoms with E-state index in [-0.39, 0.29) is 11.4 Å². The summed E-state index contributed by atoms with van der Waals surface area (Å²) in [5.41, 5.74) is 3.99. The third kappa shape index (κ3) is 3.79. The van der Waals surface area contributed by atoms with Crippen molar-refractivity contribution in [2.75, 3.05) is 6.54 Å². The van der Waals surface area contributed by atoms with Crippen LogP contribution in [0.4, 0.5) is 4.39 Å². The molecule has 1 N–H and O–H groups in total. The Bertz CT molecular complexity index is 1240. The number of nitrogens with zero attached hydrogens (tertiary/aromatic N) is 4. The van der Waals surface area contributed by atoms with Gasteiger partial charge < -0.3 is 4.98 Å². The molecule has 150 valence electrons. The van der Waals surface area contributed by atoms with Gasteiger partial charge in [0.1, 0.15) is 16.6 Å². The molecule has 5 rings (SSSR count). The maximum absolute atomic E-state index is 13.1. The van der Waals surface area contributed by atoms with E-state index in [0.29, 0.717) is 30.9 Å². The number of fused-ring (bicyclic) bond motifs is 1. The first kappa shape index (κ1) is 18.8. The zero-order valence-electron chi connectivity index (χ0n) is 16.0. The Hall–Kier alpha value is -3.23. The predicted octanol–water partition coefficient (Wildman–Crippen LogP) is 3.65. The normalized spacial score (nSPS) is 13.9. The largest absolute Gasteiger partial charge is 0.306 e. The van der Waals surface area contributed by atoms with Gasteiger partial charge >= 0.3 is 0 Å². The highest BCUT2D eigenvalue weighted by Gasteiger charge is 2.22. The summed E-state index contributed by atoms with van der Waals surface area (Å²) in [7, 11) is 0. The van der Waals surface area contributed by atoms with Crippen molar-refractivity contribution in [3.8, 4) is 22.6 Å². The number of aromatic nitrogens is 4. The lowest BCUT2D eigenvalue weighted by Crippen LogP contribution is -2.35. The number of aromatic amines is 1. The molecule has 1 aliphatic heterocycles. The van der Waals surface area contributed by atoms with E-state index in [9.17, 15) is 9.18 Å². The molecule has 6 nitrogen and oxygen atoms in total. The molecule has 4 heterocycles. The Balaban J connectivity index is 1.33. The molecule has 0 atom stereocenters. The van der Waals surface area contributed by atoms with Crippen molar-refractivity contribution < 1.29 is 4.39 Å². The molecular weight excluding hydrogens is 401 g/mol. The molecule has 1 aromatic carbocycles. The summed E-state index contributed by atoms with van der Waals surface area (Å²) in [6, 6.07) is 10.1. The summed E-state index contributed by atoms with van der Waals surface area (Å²) in [5.74, 6) is 0.302. The van der Waals surface area contributed by atoms with Crippen LogP contribution in [0.25, 0.3) is 22.6 Å². The van der Waals surface area contributed by atoms with Gasteiger partial charge in [0.25, 0.3) is 5.56 Å². The van der Waals surface area contributed by atoms with Crippen LogP contribution >= 0.6 is 11.3 Å². The molecule has 0 bridgehead atoms. The molecule has 0 spiro atoms. The van der Waals surface area contributed by atoms with E-state index >= 15 is 0 Å². The van der Waals surface area contributed by atoms with Crippen LogP contribution in [0.2, 0.25) is 0 Å². The Morgan fingerprint density at radius 1 is 1.13 bits per heavy atom. The smallest absolute Gasteiger partial charge is 0.255 e. The van der Waals surface area contributed by atoms with Crippen LogP contribution in [-0.4, -0.2) is 31.4 Å². The molecule has 0 amide bonds. The van der Waals surface area contributed by atoms with Crippen LogP contribution in [-0.2, 0) is 19.5 Å². The molecule has 8 heteroatoms. The Morgan fingerprint density at radius 2 is 2.00 bits per heavy atom. The average Bonchev–Trinajstić information content (AvgIpc) is 3.23. The summed E-state index contributed by atoms with van der Waals surface area (Å²) in [4.78, 5) is 31.2. The maximum Gasteiger partial charge on any atom is 0.255 e. The summed E-state index contributed by atoms with van der Waals surface area (Å²) in [6.07, 6.45) is 4.10. The second kappa shape index (κ2) is 7.89. The number of H-pyrrole nitrogens is 1. The number of hydrogen-bond donors (Lipinski definition) is 1. The highest BCUT2D eigenvalue weighted by molar-refractivity contribution is 7.09. The van der Waals surface area contributed by atoms with Crippen molar-refractivity contribution in [1.82, 2.24) is 24.8 Å². The molecule has 0 saturated carbocycles. The summed E-state index contributed by atoms with van der Waals surface area (Å²) < 4.78 is 13.1. The van der Waals surface area contributed by atoms with Crippen molar-refractivity contribution in [3.63, 3.8) is 0 Å². The molecule has 30 heavy (non-hydrogen) atoms. The van der Waals surface area contributed by atoms with Gasteiger partial charge in [0.2, 0.25) is 0 Å². The van der Waals surface area contributed by atoms with Crippen LogP contribution < -0.4 is 5.56 Å². The van der Waals surface area contributed by atoms with Crippen molar-refractivity contribution in [2.24, 2.45) is 0 Å². The van der Waals surface area contributed by atoms with Gasteiger partial charge in [-0.05, 0) is 36.4 Å². The van der Waals surface area contributed by atoms with Crippen LogP contribution in [0, 0.1) is 5.82 Å². The molecule has 4 aromatic rings. The summed E-state index contributed by atoms with van der Waals surface area (Å²) in [6.45, 7) is 2.01. The van der Waals surface area contributed by atoms with Gasteiger partial charge in [-0.15, -0.1) is 11.3 Å². The molecule has 0 radical (unpaired) electrons. The molecule has 3 aromatic heterocycles. The average molecular weight is 419 g/mol. The van der Waals surface area contributed by atoms with Crippen molar-refractivity contribution >= 4 is 11.3 Å². The third-order valence-corrected chi connectivity index (χ3v) is 5.97. The Morgan fingerprint density at radius 3 is 2.80 bits per heavy atom. The molecule has 0 aliphatic carbocycles. The number of nitrogens with one attached hydrogen (secondary N) is 1. The molecule has 0 saturated heterocycles. The Kier molecular flexibility index (Phi) is 4.94. The van der Waals surface area contributed by atoms with E-state index in [1.165, 1.54) is 12.1 Å². The number of pyridine rings is 1. The van der Waals surface area contributed by atoms with Gasteiger partial charge in [-0.3, -0.25) is 14.7 Å². The van der Waals surface area contributed by atoms with Crippen molar-refractivity contribution in [1.29, 1.82) is 0 Å². The van der Waals surface area contributed by atoms with Crippen molar-refractivity contribution in [2.45, 2.75) is 19.5 Å². The highest BCUT2D eigenvalue weighted by Crippen LogP contribution is 2.25. The fourth-order valence-electron chi connectivity index (χ4n) is 3.58. The van der Waals surface area contributed by atoms with Gasteiger partial charge in [-0.1, -0.05) is 0 Å². The van der Waals surface area contributed by atoms with Gasteiger partial charge in [0, 0.05) is 48.4 Å². The van der Waals surface area contributed by atoms with E-state index in [2.05, 4.69) is 24.8 Å². The first-order chi connectivity index (χ1) is 14.7. The van der Waals surface area contributed by atoms with E-state index in [1.807, 2.05) is 17.5 Å². The predicted molar refractivity (Wildman–Crippen MR) is 113 cm³/mol. The van der Waals surface area contributed by atoms with E-state index in [4.69, 9.17) is 0 Å². The minimum absolute atomic E-state index is 0.102. The van der Waals surface area contributed by atoms with Gasteiger partial charge in [0.05, 0.1) is 23.5 Å². The molecule has 1 aliphatic rings. The van der Waals surface area contributed by atoms with E-state index in [1.54, 1.807) is 35.9 Å². The minimum Gasteiger partial charge on any atom is -0.306 e. The zero-order valence-corrected chi connectivity index (χ0v) is 16.8. The number of thiazole rings is 1. The van der Waals surface area contributed by atoms with Crippen LogP contribution in [0.1, 0.15) is 16.3 Å². The van der Waals surface area contributed by atoms with Crippen molar-refractivity contribution in [3.05, 3.63) is 86.6 Å². The first-order valence-electron chi connectivity index (χ1n) is 9.61. The third-order valence-electron chi connectivity index (χ3n) is 5.13. The first-order valence-corrected chi connectivity index (χ1v) is 10.5. The van der Waals surface area contributed by atoms with E-state index < -0.39 is 0 Å². The fourth-order valence-corrected chi connectivity index (χ4v) is 4.43. The SMILES string of the molecule is O=c1[nH]c(-c2cccnc2)nc2c1CN(Cc1nc(-c3ccc(F)cc3)cs1)CC2. The van der Waals surface area contributed by atoms with E-state index in [0.717, 1.165) is 34.1 Å². The molecule has 0 fully saturated rings. The van der Waals surface area contributed by atoms with Gasteiger partial charge in [-0.2, -0.15) is 0 Å². The molecular formula is C22H18FN5OS. The lowest BCUT2D eigenvalue weighted by Gasteiger charge is -2.26. The monoisotopic (exact) mass is 419 g/mol. The minimum atomic E-state index is -0.258.